The number of anilines is 1. The summed E-state index contributed by atoms with van der Waals surface area (Å²) in [5, 5.41) is 5.26. The highest BCUT2D eigenvalue weighted by atomic mass is 19.1. The molecule has 3 aromatic rings. The summed E-state index contributed by atoms with van der Waals surface area (Å²) < 4.78 is 18.2. The van der Waals surface area contributed by atoms with Gasteiger partial charge in [0.25, 0.3) is 11.8 Å². The lowest BCUT2D eigenvalue weighted by molar-refractivity contribution is -0.132. The molecule has 0 radical (unpaired) electrons. The smallest absolute Gasteiger partial charge is 0.408 e. The van der Waals surface area contributed by atoms with E-state index in [4.69, 9.17) is 4.74 Å². The topological polar surface area (TPSA) is 87.7 Å². The maximum absolute atomic E-state index is 13.3. The monoisotopic (exact) mass is 461 g/mol. The highest BCUT2D eigenvalue weighted by Gasteiger charge is 2.34. The minimum atomic E-state index is -1.15. The van der Waals surface area contributed by atoms with Crippen molar-refractivity contribution in [1.82, 2.24) is 10.6 Å². The number of nitrogens with zero attached hydrogens (tertiary/aromatic N) is 1. The number of rotatable bonds is 5. The Bertz CT molecular complexity index is 1230. The minimum Gasteiger partial charge on any atom is -0.436 e. The molecule has 1 aliphatic heterocycles. The Hall–Kier alpha value is -4.20. The Morgan fingerprint density at radius 1 is 1.00 bits per heavy atom. The van der Waals surface area contributed by atoms with Crippen molar-refractivity contribution in [1.29, 1.82) is 0 Å². The van der Waals surface area contributed by atoms with Crippen LogP contribution in [0.4, 0.5) is 14.9 Å². The zero-order valence-electron chi connectivity index (χ0n) is 18.7. The van der Waals surface area contributed by atoms with Gasteiger partial charge in [-0.1, -0.05) is 54.6 Å². The van der Waals surface area contributed by atoms with Gasteiger partial charge in [0.05, 0.1) is 5.69 Å². The average molecular weight is 461 g/mol. The molecule has 0 saturated carbocycles. The number of ether oxygens (including phenoxy) is 1. The van der Waals surface area contributed by atoms with Crippen LogP contribution in [0.25, 0.3) is 11.1 Å². The van der Waals surface area contributed by atoms with Crippen molar-refractivity contribution < 1.29 is 23.5 Å². The fourth-order valence-electron chi connectivity index (χ4n) is 3.86. The van der Waals surface area contributed by atoms with E-state index < -0.39 is 24.1 Å². The lowest BCUT2D eigenvalue weighted by Crippen LogP contribution is -2.45. The number of halogens is 1. The van der Waals surface area contributed by atoms with E-state index in [0.717, 1.165) is 16.8 Å². The standard InChI is InChI=1S/C26H24FN3O4/c1-16(34-26(33)28-15-17-11-13-18(27)14-12-17)24(31)29-23-21-9-4-3-7-19(21)20-8-5-6-10-22(20)30(2)25(23)32/h3-14,16,23H,15H2,1-2H3,(H,28,33)(H,29,31)/t16-,23?/m0/s1. The van der Waals surface area contributed by atoms with Gasteiger partial charge in [0.2, 0.25) is 0 Å². The van der Waals surface area contributed by atoms with Gasteiger partial charge in [0, 0.05) is 19.2 Å². The van der Waals surface area contributed by atoms with E-state index in [1.54, 1.807) is 13.1 Å². The number of hydrogen-bond donors (Lipinski definition) is 2. The number of alkyl carbamates (subject to hydrolysis) is 1. The van der Waals surface area contributed by atoms with Gasteiger partial charge in [-0.05, 0) is 41.8 Å². The number of fused-ring (bicyclic) bond motifs is 3. The zero-order chi connectivity index (χ0) is 24.2. The molecule has 0 bridgehead atoms. The molecule has 0 spiro atoms. The number of nitrogens with one attached hydrogen (secondary N) is 2. The van der Waals surface area contributed by atoms with E-state index >= 15 is 0 Å². The Labute approximate surface area is 196 Å². The number of amides is 3. The summed E-state index contributed by atoms with van der Waals surface area (Å²) >= 11 is 0. The molecule has 8 heteroatoms. The maximum Gasteiger partial charge on any atom is 0.408 e. The number of para-hydroxylation sites is 1. The molecule has 0 saturated heterocycles. The van der Waals surface area contributed by atoms with Crippen LogP contribution in [0.15, 0.2) is 72.8 Å². The Morgan fingerprint density at radius 2 is 1.65 bits per heavy atom. The molecule has 0 fully saturated rings. The molecule has 2 N–H and O–H groups in total. The fourth-order valence-corrected chi connectivity index (χ4v) is 3.86. The van der Waals surface area contributed by atoms with Crippen LogP contribution < -0.4 is 15.5 Å². The van der Waals surface area contributed by atoms with Crippen LogP contribution in [-0.2, 0) is 20.9 Å². The molecule has 1 aliphatic rings. The molecule has 3 amide bonds. The van der Waals surface area contributed by atoms with Gasteiger partial charge in [0.15, 0.2) is 6.10 Å². The first kappa shape index (κ1) is 23.0. The van der Waals surface area contributed by atoms with Crippen LogP contribution in [0.3, 0.4) is 0 Å². The first-order chi connectivity index (χ1) is 16.3. The van der Waals surface area contributed by atoms with E-state index in [9.17, 15) is 18.8 Å². The molecule has 0 aromatic heterocycles. The van der Waals surface area contributed by atoms with Crippen molar-refractivity contribution >= 4 is 23.6 Å². The Kier molecular flexibility index (Phi) is 6.58. The largest absolute Gasteiger partial charge is 0.436 e. The Balaban J connectivity index is 1.46. The van der Waals surface area contributed by atoms with Gasteiger partial charge in [-0.15, -0.1) is 0 Å². The van der Waals surface area contributed by atoms with Crippen LogP contribution in [-0.4, -0.2) is 31.1 Å². The zero-order valence-corrected chi connectivity index (χ0v) is 18.7. The Morgan fingerprint density at radius 3 is 2.38 bits per heavy atom. The molecule has 3 aromatic carbocycles. The lowest BCUT2D eigenvalue weighted by Gasteiger charge is -2.24. The second-order valence-electron chi connectivity index (χ2n) is 7.97. The van der Waals surface area contributed by atoms with E-state index in [-0.39, 0.29) is 18.3 Å². The van der Waals surface area contributed by atoms with Crippen LogP contribution in [0.1, 0.15) is 24.1 Å². The van der Waals surface area contributed by atoms with Crippen LogP contribution in [0, 0.1) is 5.82 Å². The van der Waals surface area contributed by atoms with Gasteiger partial charge in [-0.3, -0.25) is 9.59 Å². The number of hydrogen-bond acceptors (Lipinski definition) is 4. The summed E-state index contributed by atoms with van der Waals surface area (Å²) in [5.74, 6) is -1.29. The quantitative estimate of drug-likeness (QED) is 0.603. The lowest BCUT2D eigenvalue weighted by atomic mass is 9.95. The second kappa shape index (κ2) is 9.74. The highest BCUT2D eigenvalue weighted by Crippen LogP contribution is 2.39. The summed E-state index contributed by atoms with van der Waals surface area (Å²) in [7, 11) is 1.66. The predicted molar refractivity (Wildman–Crippen MR) is 125 cm³/mol. The van der Waals surface area contributed by atoms with Gasteiger partial charge in [0.1, 0.15) is 11.9 Å². The van der Waals surface area contributed by atoms with Crippen molar-refractivity contribution in [2.45, 2.75) is 25.6 Å². The van der Waals surface area contributed by atoms with E-state index in [1.807, 2.05) is 42.5 Å². The van der Waals surface area contributed by atoms with E-state index in [2.05, 4.69) is 10.6 Å². The number of carbonyl (C=O) groups excluding carboxylic acids is 3. The molecule has 2 atom stereocenters. The fraction of sp³-hybridized carbons (Fsp3) is 0.192. The third kappa shape index (κ3) is 4.76. The van der Waals surface area contributed by atoms with E-state index in [0.29, 0.717) is 11.1 Å². The maximum atomic E-state index is 13.3. The summed E-state index contributed by atoms with van der Waals surface area (Å²) in [5.41, 5.74) is 3.80. The first-order valence-electron chi connectivity index (χ1n) is 10.8. The molecule has 174 valence electrons. The summed E-state index contributed by atoms with van der Waals surface area (Å²) in [6.45, 7) is 1.54. The molecular formula is C26H24FN3O4. The number of benzene rings is 3. The molecule has 1 unspecified atom stereocenters. The van der Waals surface area contributed by atoms with Crippen LogP contribution >= 0.6 is 0 Å². The molecule has 1 heterocycles. The summed E-state index contributed by atoms with van der Waals surface area (Å²) in [6, 6.07) is 19.6. The van der Waals surface area contributed by atoms with Gasteiger partial charge >= 0.3 is 6.09 Å². The van der Waals surface area contributed by atoms with Crippen molar-refractivity contribution in [2.75, 3.05) is 11.9 Å². The van der Waals surface area contributed by atoms with Crippen LogP contribution in [0.2, 0.25) is 0 Å². The third-order valence-electron chi connectivity index (χ3n) is 5.69. The third-order valence-corrected chi connectivity index (χ3v) is 5.69. The summed E-state index contributed by atoms with van der Waals surface area (Å²) in [4.78, 5) is 39.8. The van der Waals surface area contributed by atoms with Crippen molar-refractivity contribution in [3.63, 3.8) is 0 Å². The molecule has 34 heavy (non-hydrogen) atoms. The van der Waals surface area contributed by atoms with Crippen molar-refractivity contribution in [3.8, 4) is 11.1 Å². The highest BCUT2D eigenvalue weighted by molar-refractivity contribution is 6.06. The van der Waals surface area contributed by atoms with Crippen molar-refractivity contribution in [2.24, 2.45) is 0 Å². The first-order valence-corrected chi connectivity index (χ1v) is 10.8. The number of likely N-dealkylation sites (N-methyl/N-ethyl adjacent to an activating group) is 1. The van der Waals surface area contributed by atoms with Gasteiger partial charge in [-0.2, -0.15) is 0 Å². The molecule has 7 nitrogen and oxygen atoms in total. The molecule has 0 aliphatic carbocycles. The van der Waals surface area contributed by atoms with Gasteiger partial charge < -0.3 is 20.3 Å². The summed E-state index contributed by atoms with van der Waals surface area (Å²) in [6.07, 6.45) is -1.95. The second-order valence-corrected chi connectivity index (χ2v) is 7.97. The van der Waals surface area contributed by atoms with Gasteiger partial charge in [-0.25, -0.2) is 9.18 Å². The molecular weight excluding hydrogens is 437 g/mol. The van der Waals surface area contributed by atoms with Crippen molar-refractivity contribution in [3.05, 3.63) is 89.7 Å². The normalized spacial score (nSPS) is 15.4. The minimum absolute atomic E-state index is 0.116. The van der Waals surface area contributed by atoms with Crippen LogP contribution in [0.5, 0.6) is 0 Å². The van der Waals surface area contributed by atoms with E-state index in [1.165, 1.54) is 36.1 Å². The SMILES string of the molecule is C[C@H](OC(=O)NCc1ccc(F)cc1)C(=O)NC1C(=O)N(C)c2ccccc2-c2ccccc21. The predicted octanol–water partition coefficient (Wildman–Crippen LogP) is 3.94. The molecule has 4 rings (SSSR count). The average Bonchev–Trinajstić information content (AvgIpc) is 2.93. The number of carbonyl (C=O) groups is 3.